The number of rotatable bonds is 4. The van der Waals surface area contributed by atoms with Crippen molar-refractivity contribution < 1.29 is 18.5 Å². The fraction of sp³-hybridized carbons (Fsp3) is 0.333. The van der Waals surface area contributed by atoms with E-state index in [-0.39, 0.29) is 22.0 Å². The summed E-state index contributed by atoms with van der Waals surface area (Å²) in [6.45, 7) is 6.81. The Kier molecular flexibility index (Phi) is 5.80. The molecular formula is C21H25N7O4S. The van der Waals surface area contributed by atoms with Crippen LogP contribution >= 0.6 is 0 Å². The minimum atomic E-state index is -3.62. The highest BCUT2D eigenvalue weighted by molar-refractivity contribution is 7.91. The molecule has 4 heterocycles. The van der Waals surface area contributed by atoms with Crippen LogP contribution < -0.4 is 19.9 Å². The van der Waals surface area contributed by atoms with Crippen molar-refractivity contribution in [2.24, 2.45) is 14.9 Å². The van der Waals surface area contributed by atoms with E-state index in [0.717, 1.165) is 5.56 Å². The lowest BCUT2D eigenvalue weighted by atomic mass is 9.94. The summed E-state index contributed by atoms with van der Waals surface area (Å²) in [5, 5.41) is 12.8. The lowest BCUT2D eigenvalue weighted by Crippen LogP contribution is -2.33. The summed E-state index contributed by atoms with van der Waals surface area (Å²) in [4.78, 5) is 21.3. The van der Waals surface area contributed by atoms with Gasteiger partial charge in [0.1, 0.15) is 10.7 Å². The molecule has 3 aromatic rings. The Labute approximate surface area is 191 Å². The van der Waals surface area contributed by atoms with E-state index in [1.165, 1.54) is 13.3 Å². The maximum Gasteiger partial charge on any atom is 0.356 e. The number of ether oxygens (including phenoxy) is 2. The van der Waals surface area contributed by atoms with Crippen molar-refractivity contribution in [3.05, 3.63) is 42.4 Å². The van der Waals surface area contributed by atoms with Crippen molar-refractivity contribution in [1.82, 2.24) is 19.7 Å². The molecule has 0 radical (unpaired) electrons. The third-order valence-corrected chi connectivity index (χ3v) is 6.33. The molecule has 2 amide bonds. The first-order chi connectivity index (χ1) is 15.6. The average molecular weight is 472 g/mol. The largest absolute Gasteiger partial charge is 0.481 e. The van der Waals surface area contributed by atoms with Crippen molar-refractivity contribution in [3.8, 4) is 22.9 Å². The van der Waals surface area contributed by atoms with Gasteiger partial charge in [0, 0.05) is 28.9 Å². The zero-order valence-electron chi connectivity index (χ0n) is 18.7. The normalized spacial score (nSPS) is 16.2. The molecule has 11 nitrogen and oxygen atoms in total. The molecule has 0 bridgehead atoms. The number of carbonyl (C=O) groups excluding carboxylic acids is 1. The first kappa shape index (κ1) is 22.7. The van der Waals surface area contributed by atoms with Gasteiger partial charge in [-0.1, -0.05) is 13.8 Å². The number of fused-ring (bicyclic) bond motifs is 1. The van der Waals surface area contributed by atoms with Gasteiger partial charge in [-0.25, -0.2) is 28.8 Å². The van der Waals surface area contributed by atoms with Crippen LogP contribution in [-0.4, -0.2) is 43.7 Å². The molecule has 0 aliphatic carbocycles. The Morgan fingerprint density at radius 3 is 2.91 bits per heavy atom. The van der Waals surface area contributed by atoms with Crippen LogP contribution in [0.25, 0.3) is 11.1 Å². The highest BCUT2D eigenvalue weighted by atomic mass is 32.2. The molecule has 33 heavy (non-hydrogen) atoms. The summed E-state index contributed by atoms with van der Waals surface area (Å²) < 4.78 is 29.4. The Hall–Kier alpha value is -3.51. The number of nitrogens with two attached hydrogens (primary N) is 1. The Morgan fingerprint density at radius 1 is 1.36 bits per heavy atom. The molecule has 0 fully saturated rings. The highest BCUT2D eigenvalue weighted by Gasteiger charge is 2.32. The molecule has 1 atom stereocenters. The minimum absolute atomic E-state index is 0.0736. The lowest BCUT2D eigenvalue weighted by molar-refractivity contribution is 0.0972. The van der Waals surface area contributed by atoms with Crippen molar-refractivity contribution in [3.63, 3.8) is 0 Å². The monoisotopic (exact) mass is 471 g/mol. The van der Waals surface area contributed by atoms with Crippen LogP contribution in [0.5, 0.6) is 11.8 Å². The van der Waals surface area contributed by atoms with Gasteiger partial charge < -0.3 is 9.47 Å². The molecule has 0 aromatic carbocycles. The van der Waals surface area contributed by atoms with Gasteiger partial charge in [0.25, 0.3) is 0 Å². The topological polar surface area (TPSA) is 147 Å². The first-order valence-corrected chi connectivity index (χ1v) is 11.7. The van der Waals surface area contributed by atoms with Crippen LogP contribution in [0.15, 0.2) is 45.9 Å². The molecule has 0 saturated carbocycles. The number of methoxy groups -OCH3 is 1. The number of carbonyl (C=O) groups is 1. The number of hydrogen-bond donors (Lipinski definition) is 2. The van der Waals surface area contributed by atoms with Gasteiger partial charge in [-0.05, 0) is 30.7 Å². The summed E-state index contributed by atoms with van der Waals surface area (Å²) in [7, 11) is -2.10. The Bertz CT molecular complexity index is 1340. The van der Waals surface area contributed by atoms with Gasteiger partial charge in [0.15, 0.2) is 9.92 Å². The molecule has 0 spiro atoms. The number of nitrogens with one attached hydrogen (secondary N) is 1. The molecule has 3 N–H and O–H groups in total. The van der Waals surface area contributed by atoms with Gasteiger partial charge in [-0.2, -0.15) is 5.10 Å². The molecule has 0 unspecified atom stereocenters. The number of aryl methyl sites for hydroxylation is 1. The zero-order valence-corrected chi connectivity index (χ0v) is 19.5. The van der Waals surface area contributed by atoms with E-state index in [1.54, 1.807) is 42.1 Å². The zero-order chi connectivity index (χ0) is 23.8. The van der Waals surface area contributed by atoms with Gasteiger partial charge in [-0.3, -0.25) is 5.32 Å². The number of urea groups is 1. The Balaban J connectivity index is 1.65. The van der Waals surface area contributed by atoms with Gasteiger partial charge in [0.2, 0.25) is 11.8 Å². The second-order valence-electron chi connectivity index (χ2n) is 8.45. The van der Waals surface area contributed by atoms with Crippen LogP contribution in [0, 0.1) is 12.3 Å². The number of nitrogens with zero attached hydrogens (tertiary/aromatic N) is 5. The molecule has 1 aliphatic heterocycles. The predicted molar refractivity (Wildman–Crippen MR) is 122 cm³/mol. The molecule has 4 rings (SSSR count). The second-order valence-corrected chi connectivity index (χ2v) is 10.2. The maximum absolute atomic E-state index is 13.2. The smallest absolute Gasteiger partial charge is 0.356 e. The van der Waals surface area contributed by atoms with Gasteiger partial charge in [-0.15, -0.1) is 4.36 Å². The van der Waals surface area contributed by atoms with E-state index < -0.39 is 15.9 Å². The standard InChI is InChI=1S/C21H25N7O4S/c1-13-5-6-15(14-7-8-23-17(9-14)31-4)18(25-13)26-20(29)27-33(22,30)16-10-24-28-11-21(2,3)12-32-19(16)28/h5-10H,11-12H2,1-4H3,(H3,22,25,26,27,29,30)/t33-/m0/s1. The summed E-state index contributed by atoms with van der Waals surface area (Å²) in [6.07, 6.45) is 2.91. The number of aromatic nitrogens is 4. The minimum Gasteiger partial charge on any atom is -0.481 e. The van der Waals surface area contributed by atoms with E-state index in [0.29, 0.717) is 30.3 Å². The molecule has 3 aromatic heterocycles. The van der Waals surface area contributed by atoms with Crippen molar-refractivity contribution >= 4 is 21.8 Å². The number of pyridine rings is 2. The SMILES string of the molecule is COc1cc(-c2ccc(C)nc2NC(=O)N=[S@](N)(=O)c2cnn3c2OCC(C)(C)C3)ccn1. The second kappa shape index (κ2) is 8.45. The summed E-state index contributed by atoms with van der Waals surface area (Å²) in [5.74, 6) is 0.910. The van der Waals surface area contributed by atoms with Gasteiger partial charge >= 0.3 is 6.03 Å². The molecule has 174 valence electrons. The number of amides is 2. The van der Waals surface area contributed by atoms with Crippen LogP contribution in [0.2, 0.25) is 0 Å². The molecular weight excluding hydrogens is 446 g/mol. The summed E-state index contributed by atoms with van der Waals surface area (Å²) in [5.41, 5.74) is 1.87. The van der Waals surface area contributed by atoms with Crippen LogP contribution in [0.3, 0.4) is 0 Å². The molecule has 1 aliphatic rings. The third kappa shape index (κ3) is 4.81. The average Bonchev–Trinajstić information content (AvgIpc) is 3.16. The van der Waals surface area contributed by atoms with E-state index in [4.69, 9.17) is 14.6 Å². The fourth-order valence-corrected chi connectivity index (χ4v) is 4.40. The van der Waals surface area contributed by atoms with Crippen molar-refractivity contribution in [2.45, 2.75) is 32.2 Å². The fourth-order valence-electron chi connectivity index (χ4n) is 3.40. The molecule has 12 heteroatoms. The van der Waals surface area contributed by atoms with E-state index in [1.807, 2.05) is 13.8 Å². The third-order valence-electron chi connectivity index (χ3n) is 4.99. The summed E-state index contributed by atoms with van der Waals surface area (Å²) in [6, 6.07) is 6.17. The van der Waals surface area contributed by atoms with E-state index >= 15 is 0 Å². The van der Waals surface area contributed by atoms with Crippen LogP contribution in [0.1, 0.15) is 19.5 Å². The van der Waals surface area contributed by atoms with Crippen LogP contribution in [-0.2, 0) is 16.5 Å². The van der Waals surface area contributed by atoms with Crippen LogP contribution in [0.4, 0.5) is 10.6 Å². The predicted octanol–water partition coefficient (Wildman–Crippen LogP) is 3.01. The van der Waals surface area contributed by atoms with Crippen molar-refractivity contribution in [2.75, 3.05) is 19.0 Å². The highest BCUT2D eigenvalue weighted by Crippen LogP contribution is 2.33. The number of hydrogen-bond acceptors (Lipinski definition) is 7. The van der Waals surface area contributed by atoms with E-state index in [9.17, 15) is 9.00 Å². The Morgan fingerprint density at radius 2 is 2.15 bits per heavy atom. The first-order valence-electron chi connectivity index (χ1n) is 10.1. The van der Waals surface area contributed by atoms with Gasteiger partial charge in [0.05, 0.1) is 26.5 Å². The quantitative estimate of drug-likeness (QED) is 0.594. The van der Waals surface area contributed by atoms with Crippen molar-refractivity contribution in [1.29, 1.82) is 0 Å². The number of anilines is 1. The summed E-state index contributed by atoms with van der Waals surface area (Å²) >= 11 is 0. The maximum atomic E-state index is 13.2. The van der Waals surface area contributed by atoms with E-state index in [2.05, 4.69) is 24.7 Å². The molecule has 0 saturated heterocycles. The lowest BCUT2D eigenvalue weighted by Gasteiger charge is -2.30.